The first kappa shape index (κ1) is 16.0. The minimum absolute atomic E-state index is 0.290. The molecule has 0 fully saturated rings. The summed E-state index contributed by atoms with van der Waals surface area (Å²) in [5.74, 6) is -0.873. The first-order valence-corrected chi connectivity index (χ1v) is 6.81. The van der Waals surface area contributed by atoms with Crippen molar-refractivity contribution in [2.24, 2.45) is 0 Å². The molecule has 1 unspecified atom stereocenters. The Kier molecular flexibility index (Phi) is 6.03. The first-order chi connectivity index (χ1) is 9.47. The number of nitrogens with one attached hydrogen (secondary N) is 1. The Morgan fingerprint density at radius 2 is 2.10 bits per heavy atom. The topological polar surface area (TPSA) is 81.4 Å². The lowest BCUT2D eigenvalue weighted by molar-refractivity contribution is -0.129. The number of anilines is 1. The summed E-state index contributed by atoms with van der Waals surface area (Å²) in [4.78, 5) is 23.7. The summed E-state index contributed by atoms with van der Waals surface area (Å²) < 4.78 is 5.13. The molecular formula is C15H22N2O3. The lowest BCUT2D eigenvalue weighted by atomic mass is 10.1. The van der Waals surface area contributed by atoms with Crippen molar-refractivity contribution in [1.82, 2.24) is 5.32 Å². The Hall–Kier alpha value is -2.04. The number of ether oxygens (including phenoxy) is 1. The van der Waals surface area contributed by atoms with Crippen LogP contribution in [0, 0.1) is 6.92 Å². The molecule has 0 bridgehead atoms. The average Bonchev–Trinajstić information content (AvgIpc) is 2.41. The van der Waals surface area contributed by atoms with Crippen LogP contribution in [0.1, 0.15) is 42.6 Å². The van der Waals surface area contributed by atoms with Crippen molar-refractivity contribution in [3.63, 3.8) is 0 Å². The Morgan fingerprint density at radius 1 is 1.40 bits per heavy atom. The SMILES string of the molecule is CCCCNC(=O)C(C)OC(=O)c1cccc(C)c1N. The third-order valence-corrected chi connectivity index (χ3v) is 3.03. The van der Waals surface area contributed by atoms with Gasteiger partial charge in [0.25, 0.3) is 5.91 Å². The largest absolute Gasteiger partial charge is 0.449 e. The molecule has 110 valence electrons. The maximum atomic E-state index is 12.0. The van der Waals surface area contributed by atoms with Gasteiger partial charge < -0.3 is 15.8 Å². The van der Waals surface area contributed by atoms with Gasteiger partial charge in [-0.1, -0.05) is 25.5 Å². The second-order valence-electron chi connectivity index (χ2n) is 4.73. The maximum absolute atomic E-state index is 12.0. The molecule has 0 spiro atoms. The number of nitrogens with two attached hydrogens (primary N) is 1. The fourth-order valence-corrected chi connectivity index (χ4v) is 1.67. The zero-order valence-electron chi connectivity index (χ0n) is 12.2. The Labute approximate surface area is 119 Å². The molecule has 0 saturated heterocycles. The number of carbonyl (C=O) groups excluding carboxylic acids is 2. The van der Waals surface area contributed by atoms with Gasteiger partial charge in [-0.2, -0.15) is 0 Å². The number of benzene rings is 1. The minimum atomic E-state index is -0.834. The van der Waals surface area contributed by atoms with Crippen LogP contribution in [0.25, 0.3) is 0 Å². The standard InChI is InChI=1S/C15H22N2O3/c1-4-5-9-17-14(18)11(3)20-15(19)12-8-6-7-10(2)13(12)16/h6-8,11H,4-5,9,16H2,1-3H3,(H,17,18). The third kappa shape index (κ3) is 4.26. The smallest absolute Gasteiger partial charge is 0.341 e. The van der Waals surface area contributed by atoms with E-state index in [9.17, 15) is 9.59 Å². The van der Waals surface area contributed by atoms with Gasteiger partial charge in [-0.3, -0.25) is 4.79 Å². The lowest BCUT2D eigenvalue weighted by Crippen LogP contribution is -2.36. The Morgan fingerprint density at radius 3 is 2.75 bits per heavy atom. The van der Waals surface area contributed by atoms with Crippen molar-refractivity contribution >= 4 is 17.6 Å². The molecule has 3 N–H and O–H groups in total. The van der Waals surface area contributed by atoms with E-state index in [2.05, 4.69) is 5.32 Å². The van der Waals surface area contributed by atoms with E-state index < -0.39 is 12.1 Å². The van der Waals surface area contributed by atoms with Crippen LogP contribution in [0.5, 0.6) is 0 Å². The van der Waals surface area contributed by atoms with Gasteiger partial charge in [0.2, 0.25) is 0 Å². The number of hydrogen-bond acceptors (Lipinski definition) is 4. The Balaban J connectivity index is 2.61. The fourth-order valence-electron chi connectivity index (χ4n) is 1.67. The number of unbranched alkanes of at least 4 members (excludes halogenated alkanes) is 1. The Bertz CT molecular complexity index is 486. The second kappa shape index (κ2) is 7.53. The van der Waals surface area contributed by atoms with Crippen LogP contribution in [0.3, 0.4) is 0 Å². The molecule has 1 amide bonds. The summed E-state index contributed by atoms with van der Waals surface area (Å²) in [6, 6.07) is 5.13. The van der Waals surface area contributed by atoms with Crippen molar-refractivity contribution in [2.75, 3.05) is 12.3 Å². The molecule has 5 heteroatoms. The molecule has 0 saturated carbocycles. The monoisotopic (exact) mass is 278 g/mol. The molecule has 1 rings (SSSR count). The predicted octanol–water partition coefficient (Wildman–Crippen LogP) is 2.04. The highest BCUT2D eigenvalue weighted by Gasteiger charge is 2.20. The zero-order valence-corrected chi connectivity index (χ0v) is 12.2. The van der Waals surface area contributed by atoms with Crippen LogP contribution in [0.15, 0.2) is 18.2 Å². The summed E-state index contributed by atoms with van der Waals surface area (Å²) in [6.45, 7) is 5.98. The molecule has 1 aromatic carbocycles. The number of nitrogen functional groups attached to an aromatic ring is 1. The third-order valence-electron chi connectivity index (χ3n) is 3.03. The van der Waals surface area contributed by atoms with Crippen LogP contribution in [-0.4, -0.2) is 24.5 Å². The van der Waals surface area contributed by atoms with Gasteiger partial charge in [0.15, 0.2) is 6.10 Å². The summed E-state index contributed by atoms with van der Waals surface area (Å²) >= 11 is 0. The van der Waals surface area contributed by atoms with Crippen molar-refractivity contribution in [3.8, 4) is 0 Å². The van der Waals surface area contributed by atoms with Crippen molar-refractivity contribution in [2.45, 2.75) is 39.7 Å². The van der Waals surface area contributed by atoms with Crippen LogP contribution < -0.4 is 11.1 Å². The van der Waals surface area contributed by atoms with Crippen LogP contribution >= 0.6 is 0 Å². The first-order valence-electron chi connectivity index (χ1n) is 6.81. The van der Waals surface area contributed by atoms with E-state index in [0.29, 0.717) is 17.8 Å². The quantitative estimate of drug-likeness (QED) is 0.474. The van der Waals surface area contributed by atoms with Gasteiger partial charge in [0, 0.05) is 12.2 Å². The van der Waals surface area contributed by atoms with Gasteiger partial charge in [-0.15, -0.1) is 0 Å². The van der Waals surface area contributed by atoms with E-state index >= 15 is 0 Å². The normalized spacial score (nSPS) is 11.8. The summed E-state index contributed by atoms with van der Waals surface area (Å²) in [7, 11) is 0. The molecule has 1 atom stereocenters. The van der Waals surface area contributed by atoms with E-state index in [1.807, 2.05) is 19.9 Å². The zero-order chi connectivity index (χ0) is 15.1. The van der Waals surface area contributed by atoms with Crippen molar-refractivity contribution < 1.29 is 14.3 Å². The lowest BCUT2D eigenvalue weighted by Gasteiger charge is -2.14. The highest BCUT2D eigenvalue weighted by Crippen LogP contribution is 2.17. The molecule has 0 radical (unpaired) electrons. The van der Waals surface area contributed by atoms with E-state index in [1.165, 1.54) is 0 Å². The molecule has 0 aromatic heterocycles. The number of hydrogen-bond donors (Lipinski definition) is 2. The summed E-state index contributed by atoms with van der Waals surface area (Å²) in [5.41, 5.74) is 7.31. The fraction of sp³-hybridized carbons (Fsp3) is 0.467. The molecule has 1 aromatic rings. The molecule has 0 aliphatic rings. The molecule has 0 aliphatic heterocycles. The van der Waals surface area contributed by atoms with Crippen LogP contribution in [0.4, 0.5) is 5.69 Å². The van der Waals surface area contributed by atoms with Gasteiger partial charge in [-0.05, 0) is 31.9 Å². The number of esters is 1. The van der Waals surface area contributed by atoms with Gasteiger partial charge in [0.05, 0.1) is 5.56 Å². The number of rotatable bonds is 6. The van der Waals surface area contributed by atoms with Gasteiger partial charge in [-0.25, -0.2) is 4.79 Å². The number of amides is 1. The number of carbonyl (C=O) groups is 2. The van der Waals surface area contributed by atoms with E-state index in [4.69, 9.17) is 10.5 Å². The van der Waals surface area contributed by atoms with Gasteiger partial charge in [0.1, 0.15) is 0 Å². The summed E-state index contributed by atoms with van der Waals surface area (Å²) in [5, 5.41) is 2.72. The van der Waals surface area contributed by atoms with E-state index in [1.54, 1.807) is 19.1 Å². The number of para-hydroxylation sites is 1. The average molecular weight is 278 g/mol. The maximum Gasteiger partial charge on any atom is 0.341 e. The van der Waals surface area contributed by atoms with E-state index in [0.717, 1.165) is 18.4 Å². The van der Waals surface area contributed by atoms with Crippen LogP contribution in [-0.2, 0) is 9.53 Å². The molecule has 0 aliphatic carbocycles. The molecule has 20 heavy (non-hydrogen) atoms. The highest BCUT2D eigenvalue weighted by atomic mass is 16.5. The van der Waals surface area contributed by atoms with Crippen molar-refractivity contribution in [3.05, 3.63) is 29.3 Å². The van der Waals surface area contributed by atoms with E-state index in [-0.39, 0.29) is 5.91 Å². The molecule has 0 heterocycles. The second-order valence-corrected chi connectivity index (χ2v) is 4.73. The highest BCUT2D eigenvalue weighted by molar-refractivity contribution is 5.97. The number of aryl methyl sites for hydroxylation is 1. The van der Waals surface area contributed by atoms with Gasteiger partial charge >= 0.3 is 5.97 Å². The summed E-state index contributed by atoms with van der Waals surface area (Å²) in [6.07, 6.45) is 1.06. The predicted molar refractivity (Wildman–Crippen MR) is 78.4 cm³/mol. The van der Waals surface area contributed by atoms with Crippen molar-refractivity contribution in [1.29, 1.82) is 0 Å². The molecule has 5 nitrogen and oxygen atoms in total. The minimum Gasteiger partial charge on any atom is -0.449 e. The molecular weight excluding hydrogens is 256 g/mol. The van der Waals surface area contributed by atoms with Crippen LogP contribution in [0.2, 0.25) is 0 Å².